The van der Waals surface area contributed by atoms with Gasteiger partial charge >= 0.3 is 5.97 Å². The number of hydrogen-bond acceptors (Lipinski definition) is 7. The number of aromatic nitrogens is 1. The van der Waals surface area contributed by atoms with E-state index in [2.05, 4.69) is 10.2 Å². The fraction of sp³-hybridized carbons (Fsp3) is 0.200. The van der Waals surface area contributed by atoms with Gasteiger partial charge in [-0.15, -0.1) is 4.73 Å². The van der Waals surface area contributed by atoms with Crippen molar-refractivity contribution in [3.63, 3.8) is 0 Å². The maximum atomic E-state index is 11.6. The molecule has 0 fully saturated rings. The van der Waals surface area contributed by atoms with Gasteiger partial charge in [0.25, 0.3) is 11.4 Å². The number of rotatable bonds is 8. The van der Waals surface area contributed by atoms with Crippen LogP contribution in [0.2, 0.25) is 0 Å². The maximum absolute atomic E-state index is 11.6. The number of anilines is 1. The molecule has 1 heterocycles. The van der Waals surface area contributed by atoms with Crippen molar-refractivity contribution in [2.75, 3.05) is 11.9 Å². The third-order valence-corrected chi connectivity index (χ3v) is 2.87. The monoisotopic (exact) mass is 336 g/mol. The first-order chi connectivity index (χ1) is 11.5. The highest BCUT2D eigenvalue weighted by atomic mass is 16.7. The molecular formula is C15H16N2O7. The molecule has 0 aliphatic carbocycles. The second-order valence-electron chi connectivity index (χ2n) is 4.66. The first-order valence-corrected chi connectivity index (χ1v) is 6.87. The van der Waals surface area contributed by atoms with Crippen LogP contribution in [0.4, 0.5) is 5.69 Å². The Balaban J connectivity index is 2.02. The van der Waals surface area contributed by atoms with E-state index in [0.29, 0.717) is 4.73 Å². The number of ether oxygens (including phenoxy) is 1. The Morgan fingerprint density at radius 1 is 1.21 bits per heavy atom. The Morgan fingerprint density at radius 2 is 1.92 bits per heavy atom. The highest BCUT2D eigenvalue weighted by Gasteiger charge is 2.14. The molecule has 24 heavy (non-hydrogen) atoms. The summed E-state index contributed by atoms with van der Waals surface area (Å²) in [5.41, 5.74) is -0.00289. The topological polar surface area (TPSA) is 130 Å². The fourth-order valence-electron chi connectivity index (χ4n) is 1.79. The minimum absolute atomic E-state index is 0.0689. The fourth-order valence-corrected chi connectivity index (χ4v) is 1.79. The predicted molar refractivity (Wildman–Crippen MR) is 82.3 cm³/mol. The molecule has 0 aliphatic heterocycles. The van der Waals surface area contributed by atoms with Gasteiger partial charge in [-0.3, -0.25) is 4.79 Å². The number of carboxylic acids is 1. The number of carbonyl (C=O) groups is 1. The first-order valence-electron chi connectivity index (χ1n) is 6.87. The van der Waals surface area contributed by atoms with Crippen LogP contribution in [0.25, 0.3) is 0 Å². The number of pyridine rings is 1. The van der Waals surface area contributed by atoms with Crippen LogP contribution in [0, 0.1) is 0 Å². The first kappa shape index (κ1) is 17.3. The average Bonchev–Trinajstić information content (AvgIpc) is 2.56. The third-order valence-electron chi connectivity index (χ3n) is 2.87. The summed E-state index contributed by atoms with van der Waals surface area (Å²) in [6, 6.07) is 11.3. The second kappa shape index (κ2) is 7.99. The SMILES string of the molecule is O=C(O)COn1c(O)c(NC(O)OCc2ccccc2)ccc1=O. The molecule has 0 spiro atoms. The zero-order valence-corrected chi connectivity index (χ0v) is 12.5. The number of carboxylic acid groups (broad SMARTS) is 1. The Morgan fingerprint density at radius 3 is 2.58 bits per heavy atom. The highest BCUT2D eigenvalue weighted by molar-refractivity contribution is 5.68. The highest BCUT2D eigenvalue weighted by Crippen LogP contribution is 2.20. The molecule has 0 saturated heterocycles. The van der Waals surface area contributed by atoms with Crippen molar-refractivity contribution in [1.82, 2.24) is 4.73 Å². The van der Waals surface area contributed by atoms with Crippen molar-refractivity contribution < 1.29 is 29.7 Å². The molecule has 9 nitrogen and oxygen atoms in total. The van der Waals surface area contributed by atoms with Crippen LogP contribution in [0.1, 0.15) is 5.56 Å². The van der Waals surface area contributed by atoms with Crippen molar-refractivity contribution in [2.45, 2.75) is 13.0 Å². The molecule has 4 N–H and O–H groups in total. The molecule has 1 aromatic heterocycles. The van der Waals surface area contributed by atoms with E-state index in [1.165, 1.54) is 6.07 Å². The molecule has 0 bridgehead atoms. The van der Waals surface area contributed by atoms with Crippen molar-refractivity contribution in [3.8, 4) is 5.88 Å². The number of nitrogens with zero attached hydrogens (tertiary/aromatic N) is 1. The molecule has 0 aliphatic rings. The van der Waals surface area contributed by atoms with Crippen LogP contribution < -0.4 is 15.7 Å². The number of aliphatic hydroxyl groups is 1. The maximum Gasteiger partial charge on any atom is 0.344 e. The van der Waals surface area contributed by atoms with Gasteiger partial charge in [0.2, 0.25) is 13.0 Å². The summed E-state index contributed by atoms with van der Waals surface area (Å²) >= 11 is 0. The summed E-state index contributed by atoms with van der Waals surface area (Å²) in [6.07, 6.45) is -1.47. The lowest BCUT2D eigenvalue weighted by Crippen LogP contribution is -2.31. The standard InChI is InChI=1S/C15H16N2O7/c18-12-7-6-11(14(21)17(12)24-9-13(19)20)16-15(22)23-8-10-4-2-1-3-5-10/h1-7,15-16,21-22H,8-9H2,(H,19,20). The van der Waals surface area contributed by atoms with E-state index in [4.69, 9.17) is 9.84 Å². The van der Waals surface area contributed by atoms with E-state index in [0.717, 1.165) is 11.6 Å². The molecule has 2 rings (SSSR count). The van der Waals surface area contributed by atoms with Crippen LogP contribution >= 0.6 is 0 Å². The predicted octanol–water partition coefficient (Wildman–Crippen LogP) is -0.0283. The molecule has 0 radical (unpaired) electrons. The van der Waals surface area contributed by atoms with Gasteiger partial charge in [-0.25, -0.2) is 4.79 Å². The third kappa shape index (κ3) is 4.73. The number of aliphatic carboxylic acids is 1. The van der Waals surface area contributed by atoms with Gasteiger partial charge in [0, 0.05) is 6.07 Å². The van der Waals surface area contributed by atoms with Crippen molar-refractivity contribution in [2.24, 2.45) is 0 Å². The minimum Gasteiger partial charge on any atom is -0.491 e. The summed E-state index contributed by atoms with van der Waals surface area (Å²) in [7, 11) is 0. The number of aromatic hydroxyl groups is 1. The van der Waals surface area contributed by atoms with Crippen LogP contribution in [-0.4, -0.2) is 39.0 Å². The lowest BCUT2D eigenvalue weighted by atomic mass is 10.2. The summed E-state index contributed by atoms with van der Waals surface area (Å²) in [5.74, 6) is -2.00. The summed E-state index contributed by atoms with van der Waals surface area (Å²) in [5, 5.41) is 30.7. The zero-order chi connectivity index (χ0) is 17.5. The number of hydrogen-bond donors (Lipinski definition) is 4. The van der Waals surface area contributed by atoms with Crippen molar-refractivity contribution in [3.05, 3.63) is 58.4 Å². The van der Waals surface area contributed by atoms with Crippen molar-refractivity contribution in [1.29, 1.82) is 0 Å². The van der Waals surface area contributed by atoms with Gasteiger partial charge in [-0.1, -0.05) is 30.3 Å². The summed E-state index contributed by atoms with van der Waals surface area (Å²) < 4.78 is 5.57. The molecule has 1 aromatic carbocycles. The Kier molecular flexibility index (Phi) is 5.77. The largest absolute Gasteiger partial charge is 0.491 e. The molecule has 0 saturated carbocycles. The molecule has 1 unspecified atom stereocenters. The zero-order valence-electron chi connectivity index (χ0n) is 12.5. The van der Waals surface area contributed by atoms with Crippen LogP contribution in [0.3, 0.4) is 0 Å². The van der Waals surface area contributed by atoms with Crippen molar-refractivity contribution >= 4 is 11.7 Å². The normalized spacial score (nSPS) is 11.7. The molecule has 2 aromatic rings. The van der Waals surface area contributed by atoms with Gasteiger partial charge in [0.15, 0.2) is 0 Å². The molecule has 1 atom stereocenters. The lowest BCUT2D eigenvalue weighted by molar-refractivity contribution is -0.142. The molecule has 9 heteroatoms. The Labute approximate surface area is 136 Å². The van der Waals surface area contributed by atoms with Gasteiger partial charge in [0.05, 0.1) is 6.61 Å². The number of aliphatic hydroxyl groups excluding tert-OH is 1. The van der Waals surface area contributed by atoms with E-state index in [-0.39, 0.29) is 12.3 Å². The summed E-state index contributed by atoms with van der Waals surface area (Å²) in [6.45, 7) is -0.700. The quantitative estimate of drug-likeness (QED) is 0.495. The second-order valence-corrected chi connectivity index (χ2v) is 4.66. The minimum atomic E-state index is -1.47. The smallest absolute Gasteiger partial charge is 0.344 e. The molecular weight excluding hydrogens is 320 g/mol. The van der Waals surface area contributed by atoms with Gasteiger partial charge in [-0.05, 0) is 11.6 Å². The van der Waals surface area contributed by atoms with E-state index in [9.17, 15) is 19.8 Å². The Hall–Kier alpha value is -3.04. The van der Waals surface area contributed by atoms with Gasteiger partial charge in [0.1, 0.15) is 5.69 Å². The molecule has 0 amide bonds. The van der Waals surface area contributed by atoms with Gasteiger partial charge < -0.3 is 30.2 Å². The van der Waals surface area contributed by atoms with E-state index >= 15 is 0 Å². The van der Waals surface area contributed by atoms with E-state index in [1.54, 1.807) is 0 Å². The number of benzene rings is 1. The Bertz CT molecular complexity index is 745. The summed E-state index contributed by atoms with van der Waals surface area (Å²) in [4.78, 5) is 26.7. The van der Waals surface area contributed by atoms with Gasteiger partial charge in [-0.2, -0.15) is 0 Å². The lowest BCUT2D eigenvalue weighted by Gasteiger charge is -2.17. The van der Waals surface area contributed by atoms with Crippen LogP contribution in [0.15, 0.2) is 47.3 Å². The van der Waals surface area contributed by atoms with Crippen LogP contribution in [0.5, 0.6) is 5.88 Å². The average molecular weight is 336 g/mol. The van der Waals surface area contributed by atoms with Crippen LogP contribution in [-0.2, 0) is 16.1 Å². The van der Waals surface area contributed by atoms with E-state index in [1.807, 2.05) is 30.3 Å². The van der Waals surface area contributed by atoms with E-state index < -0.39 is 30.4 Å². The molecule has 128 valence electrons. The number of nitrogens with one attached hydrogen (secondary N) is 1.